The first-order chi connectivity index (χ1) is 7.72. The van der Waals surface area contributed by atoms with E-state index < -0.39 is 0 Å². The molecule has 1 aromatic heterocycles. The molecule has 0 bridgehead atoms. The maximum Gasteiger partial charge on any atom is 0.113 e. The highest BCUT2D eigenvalue weighted by Crippen LogP contribution is 2.25. The minimum Gasteiger partial charge on any atom is -0.468 e. The van der Waals surface area contributed by atoms with E-state index in [0.717, 1.165) is 17.3 Å². The molecular formula is C12H19NO2S. The van der Waals surface area contributed by atoms with Crippen LogP contribution in [-0.4, -0.2) is 29.0 Å². The van der Waals surface area contributed by atoms with Crippen LogP contribution >= 0.6 is 11.8 Å². The summed E-state index contributed by atoms with van der Waals surface area (Å²) in [7, 11) is 0. The largest absolute Gasteiger partial charge is 0.468 e. The average molecular weight is 241 g/mol. The zero-order chi connectivity index (χ0) is 11.4. The van der Waals surface area contributed by atoms with E-state index in [1.807, 2.05) is 12.1 Å². The van der Waals surface area contributed by atoms with Crippen molar-refractivity contribution in [2.24, 2.45) is 0 Å². The van der Waals surface area contributed by atoms with Crippen molar-refractivity contribution in [2.45, 2.75) is 37.1 Å². The van der Waals surface area contributed by atoms with Gasteiger partial charge in [0, 0.05) is 17.3 Å². The second-order valence-electron chi connectivity index (χ2n) is 4.71. The molecule has 3 nitrogen and oxygen atoms in total. The SMILES string of the molecule is CC(CO)(CSCc1ccco1)NC1CC1. The van der Waals surface area contributed by atoms with Gasteiger partial charge >= 0.3 is 0 Å². The van der Waals surface area contributed by atoms with Gasteiger partial charge in [0.1, 0.15) is 5.76 Å². The van der Waals surface area contributed by atoms with E-state index in [1.54, 1.807) is 18.0 Å². The first-order valence-corrected chi connectivity index (χ1v) is 6.86. The van der Waals surface area contributed by atoms with Crippen molar-refractivity contribution < 1.29 is 9.52 Å². The molecule has 0 aliphatic heterocycles. The third-order valence-electron chi connectivity index (χ3n) is 2.72. The van der Waals surface area contributed by atoms with Crippen LogP contribution in [0.15, 0.2) is 22.8 Å². The normalized spacial score (nSPS) is 19.6. The highest BCUT2D eigenvalue weighted by molar-refractivity contribution is 7.98. The van der Waals surface area contributed by atoms with Crippen LogP contribution in [0, 0.1) is 0 Å². The minimum absolute atomic E-state index is 0.154. The highest BCUT2D eigenvalue weighted by atomic mass is 32.2. The van der Waals surface area contributed by atoms with Crippen LogP contribution in [0.5, 0.6) is 0 Å². The van der Waals surface area contributed by atoms with Crippen molar-refractivity contribution >= 4 is 11.8 Å². The third-order valence-corrected chi connectivity index (χ3v) is 4.05. The van der Waals surface area contributed by atoms with Gasteiger partial charge in [-0.3, -0.25) is 0 Å². The molecule has 1 aliphatic carbocycles. The summed E-state index contributed by atoms with van der Waals surface area (Å²) < 4.78 is 5.27. The van der Waals surface area contributed by atoms with Crippen LogP contribution in [0.4, 0.5) is 0 Å². The number of aliphatic hydroxyl groups excluding tert-OH is 1. The number of furan rings is 1. The Morgan fingerprint density at radius 2 is 2.44 bits per heavy atom. The molecular weight excluding hydrogens is 222 g/mol. The molecule has 16 heavy (non-hydrogen) atoms. The Labute approximate surface area is 101 Å². The lowest BCUT2D eigenvalue weighted by molar-refractivity contribution is 0.190. The molecule has 4 heteroatoms. The maximum atomic E-state index is 9.42. The zero-order valence-electron chi connectivity index (χ0n) is 9.61. The first kappa shape index (κ1) is 12.0. The zero-order valence-corrected chi connectivity index (χ0v) is 10.4. The minimum atomic E-state index is -0.154. The Bertz CT molecular complexity index is 311. The summed E-state index contributed by atoms with van der Waals surface area (Å²) in [6.07, 6.45) is 4.19. The summed E-state index contributed by atoms with van der Waals surface area (Å²) in [6.45, 7) is 2.27. The van der Waals surface area contributed by atoms with Gasteiger partial charge in [0.05, 0.1) is 18.6 Å². The van der Waals surface area contributed by atoms with Crippen LogP contribution in [-0.2, 0) is 5.75 Å². The summed E-state index contributed by atoms with van der Waals surface area (Å²) in [5.74, 6) is 2.77. The Morgan fingerprint density at radius 1 is 1.62 bits per heavy atom. The van der Waals surface area contributed by atoms with Gasteiger partial charge in [-0.15, -0.1) is 0 Å². The van der Waals surface area contributed by atoms with Crippen molar-refractivity contribution in [3.8, 4) is 0 Å². The van der Waals surface area contributed by atoms with Gasteiger partial charge < -0.3 is 14.8 Å². The molecule has 1 fully saturated rings. The lowest BCUT2D eigenvalue weighted by Crippen LogP contribution is -2.49. The number of rotatable bonds is 7. The van der Waals surface area contributed by atoms with Crippen molar-refractivity contribution in [1.29, 1.82) is 0 Å². The second-order valence-corrected chi connectivity index (χ2v) is 5.70. The number of hydrogen-bond donors (Lipinski definition) is 2. The summed E-state index contributed by atoms with van der Waals surface area (Å²) >= 11 is 1.80. The van der Waals surface area contributed by atoms with E-state index in [2.05, 4.69) is 12.2 Å². The molecule has 1 atom stereocenters. The van der Waals surface area contributed by atoms with Crippen LogP contribution in [0.1, 0.15) is 25.5 Å². The fourth-order valence-electron chi connectivity index (χ4n) is 1.63. The Hall–Kier alpha value is -0.450. The smallest absolute Gasteiger partial charge is 0.113 e. The molecule has 0 aromatic carbocycles. The standard InChI is InChI=1S/C12H19NO2S/c1-12(8-14,13-10-4-5-10)9-16-7-11-3-2-6-15-11/h2-3,6,10,13-14H,4-5,7-9H2,1H3. The number of nitrogens with one attached hydrogen (secondary N) is 1. The van der Waals surface area contributed by atoms with Crippen LogP contribution in [0.2, 0.25) is 0 Å². The monoisotopic (exact) mass is 241 g/mol. The van der Waals surface area contributed by atoms with Crippen LogP contribution < -0.4 is 5.32 Å². The summed E-state index contributed by atoms with van der Waals surface area (Å²) in [5.41, 5.74) is -0.154. The summed E-state index contributed by atoms with van der Waals surface area (Å²) in [6, 6.07) is 4.52. The van der Waals surface area contributed by atoms with Gasteiger partial charge in [0.15, 0.2) is 0 Å². The lowest BCUT2D eigenvalue weighted by atomic mass is 10.1. The number of thioether (sulfide) groups is 1. The fraction of sp³-hybridized carbons (Fsp3) is 0.667. The molecule has 1 unspecified atom stereocenters. The van der Waals surface area contributed by atoms with Gasteiger partial charge in [0.2, 0.25) is 0 Å². The summed E-state index contributed by atoms with van der Waals surface area (Å²) in [4.78, 5) is 0. The van der Waals surface area contributed by atoms with Gasteiger partial charge in [-0.25, -0.2) is 0 Å². The van der Waals surface area contributed by atoms with E-state index in [-0.39, 0.29) is 12.1 Å². The van der Waals surface area contributed by atoms with Crippen molar-refractivity contribution in [2.75, 3.05) is 12.4 Å². The van der Waals surface area contributed by atoms with Gasteiger partial charge in [0.25, 0.3) is 0 Å². The highest BCUT2D eigenvalue weighted by Gasteiger charge is 2.31. The average Bonchev–Trinajstić information content (AvgIpc) is 2.92. The van der Waals surface area contributed by atoms with Crippen LogP contribution in [0.25, 0.3) is 0 Å². The molecule has 0 spiro atoms. The van der Waals surface area contributed by atoms with E-state index in [1.165, 1.54) is 12.8 Å². The molecule has 0 amide bonds. The third kappa shape index (κ3) is 3.54. The molecule has 1 saturated carbocycles. The van der Waals surface area contributed by atoms with E-state index >= 15 is 0 Å². The van der Waals surface area contributed by atoms with Crippen molar-refractivity contribution in [3.63, 3.8) is 0 Å². The predicted molar refractivity (Wildman–Crippen MR) is 66.5 cm³/mol. The molecule has 2 rings (SSSR count). The number of hydrogen-bond acceptors (Lipinski definition) is 4. The second kappa shape index (κ2) is 5.25. The van der Waals surface area contributed by atoms with Crippen molar-refractivity contribution in [3.05, 3.63) is 24.2 Å². The Morgan fingerprint density at radius 3 is 3.00 bits per heavy atom. The first-order valence-electron chi connectivity index (χ1n) is 5.70. The van der Waals surface area contributed by atoms with E-state index in [0.29, 0.717) is 6.04 Å². The Kier molecular flexibility index (Phi) is 3.95. The van der Waals surface area contributed by atoms with Crippen LogP contribution in [0.3, 0.4) is 0 Å². The topological polar surface area (TPSA) is 45.4 Å². The summed E-state index contributed by atoms with van der Waals surface area (Å²) in [5, 5.41) is 12.9. The van der Waals surface area contributed by atoms with Gasteiger partial charge in [-0.2, -0.15) is 11.8 Å². The fourth-order valence-corrected chi connectivity index (χ4v) is 2.72. The lowest BCUT2D eigenvalue weighted by Gasteiger charge is -2.28. The predicted octanol–water partition coefficient (Wildman–Crippen LogP) is 2.02. The van der Waals surface area contributed by atoms with Gasteiger partial charge in [-0.1, -0.05) is 0 Å². The molecule has 1 aromatic rings. The quantitative estimate of drug-likeness (QED) is 0.766. The molecule has 1 aliphatic rings. The number of aliphatic hydroxyl groups is 1. The van der Waals surface area contributed by atoms with E-state index in [4.69, 9.17) is 4.42 Å². The maximum absolute atomic E-state index is 9.42. The molecule has 1 heterocycles. The molecule has 0 saturated heterocycles. The van der Waals surface area contributed by atoms with E-state index in [9.17, 15) is 5.11 Å². The molecule has 0 radical (unpaired) electrons. The Balaban J connectivity index is 1.73. The molecule has 90 valence electrons. The van der Waals surface area contributed by atoms with Crippen molar-refractivity contribution in [1.82, 2.24) is 5.32 Å². The van der Waals surface area contributed by atoms with Gasteiger partial charge in [-0.05, 0) is 31.9 Å². The molecule has 2 N–H and O–H groups in total.